The number of nitrogens with zero attached hydrogens (tertiary/aromatic N) is 4. The van der Waals surface area contributed by atoms with E-state index in [9.17, 15) is 22.4 Å². The van der Waals surface area contributed by atoms with E-state index < -0.39 is 28.7 Å². The Balaban J connectivity index is 1.25. The summed E-state index contributed by atoms with van der Waals surface area (Å²) in [7, 11) is 0. The van der Waals surface area contributed by atoms with E-state index in [4.69, 9.17) is 10.5 Å². The monoisotopic (exact) mass is 530 g/mol. The first-order valence-electron chi connectivity index (χ1n) is 12.5. The van der Waals surface area contributed by atoms with Crippen molar-refractivity contribution in [1.29, 1.82) is 0 Å². The standard InChI is InChI=1S/C26H26F4N6O2/c27-19-5-2-1-4-17(19)24(6-3-7-24)33-23(37)35-9-8-25(15-35)21-13-20(34-36(21)10-11-38-25)16-12-18(26(28,29)30)22(31)32-14-16/h1-2,4-5,12-14H,3,6-11,15H2,(H2,31,32)(H,33,37)/t25-/m1/s1. The Bertz CT molecular complexity index is 1400. The van der Waals surface area contributed by atoms with E-state index in [2.05, 4.69) is 15.4 Å². The summed E-state index contributed by atoms with van der Waals surface area (Å²) in [6.07, 6.45) is -0.689. The fourth-order valence-corrected chi connectivity index (χ4v) is 5.75. The summed E-state index contributed by atoms with van der Waals surface area (Å²) in [5.74, 6) is -0.939. The number of nitrogens with two attached hydrogens (primary N) is 1. The molecule has 0 unspecified atom stereocenters. The molecule has 3 aliphatic rings. The number of amides is 2. The maximum atomic E-state index is 14.6. The van der Waals surface area contributed by atoms with Gasteiger partial charge in [-0.25, -0.2) is 14.2 Å². The van der Waals surface area contributed by atoms with E-state index in [0.29, 0.717) is 55.9 Å². The number of hydrogen-bond donors (Lipinski definition) is 2. The van der Waals surface area contributed by atoms with Gasteiger partial charge in [-0.05, 0) is 37.5 Å². The average Bonchev–Trinajstić information content (AvgIpc) is 3.48. The molecule has 0 radical (unpaired) electrons. The lowest BCUT2D eigenvalue weighted by Gasteiger charge is -2.44. The second-order valence-corrected chi connectivity index (χ2v) is 10.2. The summed E-state index contributed by atoms with van der Waals surface area (Å²) >= 11 is 0. The predicted octanol–water partition coefficient (Wildman–Crippen LogP) is 4.41. The lowest BCUT2D eigenvalue weighted by Crippen LogP contribution is -2.55. The third-order valence-electron chi connectivity index (χ3n) is 7.91. The molecule has 6 rings (SSSR count). The molecule has 200 valence electrons. The molecule has 2 aliphatic heterocycles. The molecule has 1 atom stereocenters. The number of alkyl halides is 3. The molecule has 1 saturated heterocycles. The second-order valence-electron chi connectivity index (χ2n) is 10.2. The highest BCUT2D eigenvalue weighted by Gasteiger charge is 2.49. The fourth-order valence-electron chi connectivity index (χ4n) is 5.75. The molecular formula is C26H26F4N6O2. The number of ether oxygens (including phenoxy) is 1. The van der Waals surface area contributed by atoms with Crippen LogP contribution in [-0.4, -0.2) is 45.4 Å². The highest BCUT2D eigenvalue weighted by molar-refractivity contribution is 5.76. The lowest BCUT2D eigenvalue weighted by atomic mass is 9.71. The number of likely N-dealkylation sites (tertiary alicyclic amines) is 1. The van der Waals surface area contributed by atoms with Gasteiger partial charge in [0.1, 0.15) is 17.2 Å². The Kier molecular flexibility index (Phi) is 5.64. The van der Waals surface area contributed by atoms with Gasteiger partial charge >= 0.3 is 12.2 Å². The van der Waals surface area contributed by atoms with Gasteiger partial charge in [0.2, 0.25) is 0 Å². The molecular weight excluding hydrogens is 504 g/mol. The van der Waals surface area contributed by atoms with Gasteiger partial charge in [-0.1, -0.05) is 18.2 Å². The SMILES string of the molecule is Nc1ncc(-c2cc3n(n2)CCO[C@@]32CCN(C(=O)NC3(c4ccccc4F)CCC3)C2)cc1C(F)(F)F. The molecule has 1 saturated carbocycles. The highest BCUT2D eigenvalue weighted by atomic mass is 19.4. The number of urea groups is 1. The van der Waals surface area contributed by atoms with Crippen LogP contribution in [0.2, 0.25) is 0 Å². The van der Waals surface area contributed by atoms with E-state index in [1.54, 1.807) is 33.8 Å². The predicted molar refractivity (Wildman–Crippen MR) is 129 cm³/mol. The molecule has 2 aromatic heterocycles. The van der Waals surface area contributed by atoms with Crippen LogP contribution in [0.25, 0.3) is 11.3 Å². The van der Waals surface area contributed by atoms with Gasteiger partial charge in [0.25, 0.3) is 0 Å². The molecule has 2 fully saturated rings. The van der Waals surface area contributed by atoms with Crippen LogP contribution in [0.1, 0.15) is 42.5 Å². The van der Waals surface area contributed by atoms with E-state index in [1.807, 2.05) is 0 Å². The first kappa shape index (κ1) is 24.7. The first-order valence-corrected chi connectivity index (χ1v) is 12.5. The van der Waals surface area contributed by atoms with E-state index in [-0.39, 0.29) is 24.0 Å². The van der Waals surface area contributed by atoms with Crippen molar-refractivity contribution in [2.24, 2.45) is 0 Å². The van der Waals surface area contributed by atoms with Crippen LogP contribution in [-0.2, 0) is 28.6 Å². The van der Waals surface area contributed by atoms with Crippen LogP contribution < -0.4 is 11.1 Å². The molecule has 8 nitrogen and oxygen atoms in total. The molecule has 1 aliphatic carbocycles. The molecule has 1 spiro atoms. The number of anilines is 1. The maximum absolute atomic E-state index is 14.6. The van der Waals surface area contributed by atoms with Gasteiger partial charge in [0.15, 0.2) is 0 Å². The van der Waals surface area contributed by atoms with Gasteiger partial charge in [-0.3, -0.25) is 4.68 Å². The van der Waals surface area contributed by atoms with Crippen molar-refractivity contribution in [2.45, 2.75) is 49.5 Å². The summed E-state index contributed by atoms with van der Waals surface area (Å²) in [5.41, 5.74) is 4.53. The van der Waals surface area contributed by atoms with Crippen LogP contribution in [0.5, 0.6) is 0 Å². The van der Waals surface area contributed by atoms with Gasteiger partial charge < -0.3 is 20.7 Å². The fraction of sp³-hybridized carbons (Fsp3) is 0.423. The smallest absolute Gasteiger partial charge is 0.383 e. The van der Waals surface area contributed by atoms with Crippen molar-refractivity contribution in [3.63, 3.8) is 0 Å². The Morgan fingerprint density at radius 2 is 1.92 bits per heavy atom. The summed E-state index contributed by atoms with van der Waals surface area (Å²) in [6, 6.07) is 8.83. The Morgan fingerprint density at radius 1 is 1.13 bits per heavy atom. The number of carbonyl (C=O) groups excluding carboxylic acids is 1. The average molecular weight is 531 g/mol. The minimum Gasteiger partial charge on any atom is -0.383 e. The minimum atomic E-state index is -4.64. The number of nitrogen functional groups attached to an aromatic ring is 1. The number of aromatic nitrogens is 3. The quantitative estimate of drug-likeness (QED) is 0.489. The van der Waals surface area contributed by atoms with Gasteiger partial charge in [-0.2, -0.15) is 18.3 Å². The van der Waals surface area contributed by atoms with Crippen molar-refractivity contribution < 1.29 is 27.1 Å². The van der Waals surface area contributed by atoms with Crippen LogP contribution in [0.3, 0.4) is 0 Å². The number of hydrogen-bond acceptors (Lipinski definition) is 5. The van der Waals surface area contributed by atoms with Crippen molar-refractivity contribution in [3.8, 4) is 11.3 Å². The zero-order valence-corrected chi connectivity index (χ0v) is 20.4. The van der Waals surface area contributed by atoms with Crippen molar-refractivity contribution in [2.75, 3.05) is 25.4 Å². The number of benzene rings is 1. The molecule has 2 amide bonds. The number of nitrogens with one attached hydrogen (secondary N) is 1. The lowest BCUT2D eigenvalue weighted by molar-refractivity contribution is -0.137. The third-order valence-corrected chi connectivity index (χ3v) is 7.91. The Morgan fingerprint density at radius 3 is 2.63 bits per heavy atom. The Labute approximate surface area is 215 Å². The molecule has 4 heterocycles. The zero-order valence-electron chi connectivity index (χ0n) is 20.4. The molecule has 1 aromatic carbocycles. The number of carbonyl (C=O) groups is 1. The molecule has 38 heavy (non-hydrogen) atoms. The second kappa shape index (κ2) is 8.69. The minimum absolute atomic E-state index is 0.188. The number of rotatable bonds is 3. The summed E-state index contributed by atoms with van der Waals surface area (Å²) < 4.78 is 62.6. The summed E-state index contributed by atoms with van der Waals surface area (Å²) in [4.78, 5) is 18.7. The number of halogens is 4. The first-order chi connectivity index (χ1) is 18.1. The van der Waals surface area contributed by atoms with Crippen LogP contribution >= 0.6 is 0 Å². The molecule has 3 N–H and O–H groups in total. The van der Waals surface area contributed by atoms with E-state index in [0.717, 1.165) is 12.5 Å². The largest absolute Gasteiger partial charge is 0.419 e. The van der Waals surface area contributed by atoms with Crippen molar-refractivity contribution in [1.82, 2.24) is 25.0 Å². The van der Waals surface area contributed by atoms with Gasteiger partial charge in [0, 0.05) is 30.3 Å². The molecule has 12 heteroatoms. The topological polar surface area (TPSA) is 98.3 Å². The van der Waals surface area contributed by atoms with Crippen LogP contribution in [0.4, 0.5) is 28.2 Å². The molecule has 0 bridgehead atoms. The Hall–Kier alpha value is -3.67. The summed E-state index contributed by atoms with van der Waals surface area (Å²) in [6.45, 7) is 1.41. The van der Waals surface area contributed by atoms with Crippen LogP contribution in [0, 0.1) is 5.82 Å². The normalized spacial score (nSPS) is 22.3. The van der Waals surface area contributed by atoms with Crippen LogP contribution in [0.15, 0.2) is 42.6 Å². The number of pyridine rings is 1. The van der Waals surface area contributed by atoms with Gasteiger partial charge in [0.05, 0.1) is 42.2 Å². The number of fused-ring (bicyclic) bond motifs is 2. The third kappa shape index (κ3) is 3.98. The van der Waals surface area contributed by atoms with E-state index in [1.165, 1.54) is 12.3 Å². The zero-order chi connectivity index (χ0) is 26.7. The molecule has 3 aromatic rings. The highest BCUT2D eigenvalue weighted by Crippen LogP contribution is 2.44. The maximum Gasteiger partial charge on any atom is 0.419 e. The van der Waals surface area contributed by atoms with Crippen molar-refractivity contribution >= 4 is 11.8 Å². The van der Waals surface area contributed by atoms with Gasteiger partial charge in [-0.15, -0.1) is 0 Å². The van der Waals surface area contributed by atoms with Crippen molar-refractivity contribution in [3.05, 3.63) is 65.2 Å². The van der Waals surface area contributed by atoms with E-state index >= 15 is 0 Å². The summed E-state index contributed by atoms with van der Waals surface area (Å²) in [5, 5.41) is 7.60.